The minimum absolute atomic E-state index is 0.0824. The molecule has 2 amide bonds. The highest BCUT2D eigenvalue weighted by Gasteiger charge is 2.39. The molecule has 0 saturated heterocycles. The Morgan fingerprint density at radius 2 is 2.00 bits per heavy atom. The molecule has 1 heterocycles. The first-order valence-corrected chi connectivity index (χ1v) is 10.0. The summed E-state index contributed by atoms with van der Waals surface area (Å²) in [6, 6.07) is 4.36. The number of anilines is 1. The molecule has 0 radical (unpaired) electrons. The lowest BCUT2D eigenvalue weighted by atomic mass is 9.95. The molecule has 1 aliphatic rings. The van der Waals surface area contributed by atoms with Crippen LogP contribution in [-0.2, 0) is 30.4 Å². The lowest BCUT2D eigenvalue weighted by Crippen LogP contribution is -2.24. The van der Waals surface area contributed by atoms with Crippen LogP contribution in [0.2, 0.25) is 5.02 Å². The van der Waals surface area contributed by atoms with Crippen LogP contribution in [0.15, 0.2) is 18.2 Å². The smallest absolute Gasteiger partial charge is 0.366 e. The molecule has 3 N–H and O–H groups in total. The highest BCUT2D eigenvalue weighted by molar-refractivity contribution is 6.31. The zero-order valence-corrected chi connectivity index (χ0v) is 17.1. The molecule has 10 heteroatoms. The molecule has 1 atom stereocenters. The number of halogens is 4. The van der Waals surface area contributed by atoms with Gasteiger partial charge < -0.3 is 11.1 Å². The minimum Gasteiger partial charge on any atom is -0.366 e. The zero-order valence-electron chi connectivity index (χ0n) is 16.4. The number of carbonyl (C=O) groups excluding carboxylic acids is 2. The van der Waals surface area contributed by atoms with Crippen LogP contribution >= 0.6 is 11.6 Å². The number of nitrogens with zero attached hydrogens (tertiary/aromatic N) is 2. The predicted molar refractivity (Wildman–Crippen MR) is 106 cm³/mol. The van der Waals surface area contributed by atoms with E-state index in [0.717, 1.165) is 6.42 Å². The van der Waals surface area contributed by atoms with Gasteiger partial charge in [0, 0.05) is 28.7 Å². The monoisotopic (exact) mass is 442 g/mol. The van der Waals surface area contributed by atoms with E-state index < -0.39 is 23.7 Å². The van der Waals surface area contributed by atoms with Crippen molar-refractivity contribution < 1.29 is 22.8 Å². The number of alkyl halides is 3. The van der Waals surface area contributed by atoms with Crippen LogP contribution in [0.4, 0.5) is 18.9 Å². The Morgan fingerprint density at radius 3 is 2.67 bits per heavy atom. The average Bonchev–Trinajstić information content (AvgIpc) is 3.06. The van der Waals surface area contributed by atoms with Gasteiger partial charge in [-0.2, -0.15) is 18.3 Å². The number of hydrogen-bond donors (Lipinski definition) is 2. The molecular weight excluding hydrogens is 421 g/mol. The minimum atomic E-state index is -4.49. The number of fused-ring (bicyclic) bond motifs is 1. The molecule has 0 fully saturated rings. The summed E-state index contributed by atoms with van der Waals surface area (Å²) in [5.74, 6) is -1.64. The molecule has 2 aromatic rings. The molecule has 0 saturated carbocycles. The number of amides is 2. The summed E-state index contributed by atoms with van der Waals surface area (Å²) in [6.07, 6.45) is -1.76. The molecule has 162 valence electrons. The van der Waals surface area contributed by atoms with Crippen molar-refractivity contribution in [1.82, 2.24) is 9.78 Å². The molecule has 1 aromatic carbocycles. The van der Waals surface area contributed by atoms with Crippen molar-refractivity contribution in [2.24, 2.45) is 11.7 Å². The number of hydrogen-bond acceptors (Lipinski definition) is 3. The van der Waals surface area contributed by atoms with Gasteiger partial charge in [-0.05, 0) is 50.3 Å². The summed E-state index contributed by atoms with van der Waals surface area (Å²) in [5.41, 5.74) is 5.70. The topological polar surface area (TPSA) is 90.0 Å². The van der Waals surface area contributed by atoms with Crippen molar-refractivity contribution in [1.29, 1.82) is 0 Å². The van der Waals surface area contributed by atoms with Crippen molar-refractivity contribution in [3.8, 4) is 0 Å². The number of carbonyl (C=O) groups is 2. The van der Waals surface area contributed by atoms with E-state index in [2.05, 4.69) is 10.4 Å². The van der Waals surface area contributed by atoms with E-state index >= 15 is 0 Å². The molecule has 0 bridgehead atoms. The third kappa shape index (κ3) is 4.77. The summed E-state index contributed by atoms with van der Waals surface area (Å²) in [6.45, 7) is 1.85. The Bertz CT molecular complexity index is 972. The van der Waals surface area contributed by atoms with Gasteiger partial charge in [-0.3, -0.25) is 14.3 Å². The standard InChI is InChI=1S/C20H22ClF3N4O2/c1-11(19(30)26-15-7-6-12(21)10-14(15)18(25)29)8-9-28-16-5-3-2-4-13(16)17(27-28)20(22,23)24/h6-7,10-11H,2-5,8-9H2,1H3,(H2,25,29)(H,26,30). The van der Waals surface area contributed by atoms with E-state index in [1.807, 2.05) is 0 Å². The van der Waals surface area contributed by atoms with Crippen LogP contribution in [0.25, 0.3) is 0 Å². The number of aromatic nitrogens is 2. The maximum absolute atomic E-state index is 13.3. The summed E-state index contributed by atoms with van der Waals surface area (Å²) >= 11 is 5.86. The van der Waals surface area contributed by atoms with Crippen molar-refractivity contribution in [3.05, 3.63) is 45.7 Å². The second kappa shape index (κ2) is 8.67. The Hall–Kier alpha value is -2.55. The summed E-state index contributed by atoms with van der Waals surface area (Å²) in [5, 5.41) is 6.75. The Morgan fingerprint density at radius 1 is 1.30 bits per heavy atom. The Balaban J connectivity index is 1.71. The van der Waals surface area contributed by atoms with E-state index in [9.17, 15) is 22.8 Å². The first kappa shape index (κ1) is 22.1. The highest BCUT2D eigenvalue weighted by Crippen LogP contribution is 2.36. The van der Waals surface area contributed by atoms with Crippen molar-refractivity contribution >= 4 is 29.1 Å². The average molecular weight is 443 g/mol. The maximum atomic E-state index is 13.3. The number of nitrogens with one attached hydrogen (secondary N) is 1. The lowest BCUT2D eigenvalue weighted by Gasteiger charge is -2.17. The first-order valence-electron chi connectivity index (χ1n) is 9.64. The highest BCUT2D eigenvalue weighted by atomic mass is 35.5. The Kier molecular flexibility index (Phi) is 6.40. The molecule has 1 unspecified atom stereocenters. The Labute approximate surface area is 176 Å². The molecule has 3 rings (SSSR count). The van der Waals surface area contributed by atoms with Crippen LogP contribution in [0.3, 0.4) is 0 Å². The number of nitrogens with two attached hydrogens (primary N) is 1. The number of benzene rings is 1. The number of primary amides is 1. The molecular formula is C20H22ClF3N4O2. The largest absolute Gasteiger partial charge is 0.435 e. The van der Waals surface area contributed by atoms with E-state index in [1.54, 1.807) is 6.92 Å². The van der Waals surface area contributed by atoms with Gasteiger partial charge in [-0.15, -0.1) is 0 Å². The quantitative estimate of drug-likeness (QED) is 0.702. The third-order valence-electron chi connectivity index (χ3n) is 5.25. The number of rotatable bonds is 6. The second-order valence-electron chi connectivity index (χ2n) is 7.43. The second-order valence-corrected chi connectivity index (χ2v) is 7.87. The van der Waals surface area contributed by atoms with Crippen molar-refractivity contribution in [2.75, 3.05) is 5.32 Å². The van der Waals surface area contributed by atoms with Gasteiger partial charge >= 0.3 is 6.18 Å². The molecule has 6 nitrogen and oxygen atoms in total. The van der Waals surface area contributed by atoms with E-state index in [0.29, 0.717) is 30.0 Å². The predicted octanol–water partition coefficient (Wildman–Crippen LogP) is 4.20. The fourth-order valence-corrected chi connectivity index (χ4v) is 3.79. The molecule has 1 aliphatic carbocycles. The molecule has 30 heavy (non-hydrogen) atoms. The summed E-state index contributed by atoms with van der Waals surface area (Å²) < 4.78 is 41.3. The molecule has 0 aliphatic heterocycles. The lowest BCUT2D eigenvalue weighted by molar-refractivity contribution is -0.142. The van der Waals surface area contributed by atoms with Gasteiger partial charge in [-0.1, -0.05) is 18.5 Å². The van der Waals surface area contributed by atoms with Gasteiger partial charge in [0.25, 0.3) is 5.91 Å². The van der Waals surface area contributed by atoms with Gasteiger partial charge in [0.15, 0.2) is 5.69 Å². The van der Waals surface area contributed by atoms with E-state index in [4.69, 9.17) is 17.3 Å². The van der Waals surface area contributed by atoms with Crippen molar-refractivity contribution in [2.45, 2.75) is 51.7 Å². The fourth-order valence-electron chi connectivity index (χ4n) is 3.62. The molecule has 1 aromatic heterocycles. The van der Waals surface area contributed by atoms with Gasteiger partial charge in [0.1, 0.15) is 0 Å². The first-order chi connectivity index (χ1) is 14.1. The van der Waals surface area contributed by atoms with Gasteiger partial charge in [0.2, 0.25) is 5.91 Å². The van der Waals surface area contributed by atoms with Crippen LogP contribution in [0, 0.1) is 5.92 Å². The van der Waals surface area contributed by atoms with Crippen molar-refractivity contribution in [3.63, 3.8) is 0 Å². The fraction of sp³-hybridized carbons (Fsp3) is 0.450. The molecule has 0 spiro atoms. The zero-order chi connectivity index (χ0) is 22.1. The number of aryl methyl sites for hydroxylation is 1. The normalized spacial score (nSPS) is 14.8. The SMILES string of the molecule is CC(CCn1nc(C(F)(F)F)c2c1CCCC2)C(=O)Nc1ccc(Cl)cc1C(N)=O. The maximum Gasteiger partial charge on any atom is 0.435 e. The van der Waals surface area contributed by atoms with Crippen LogP contribution < -0.4 is 11.1 Å². The van der Waals surface area contributed by atoms with Gasteiger partial charge in [0.05, 0.1) is 11.3 Å². The summed E-state index contributed by atoms with van der Waals surface area (Å²) in [7, 11) is 0. The van der Waals surface area contributed by atoms with Crippen LogP contribution in [0.5, 0.6) is 0 Å². The summed E-state index contributed by atoms with van der Waals surface area (Å²) in [4.78, 5) is 24.1. The van der Waals surface area contributed by atoms with Crippen LogP contribution in [0.1, 0.15) is 53.5 Å². The van der Waals surface area contributed by atoms with E-state index in [-0.39, 0.29) is 35.7 Å². The van der Waals surface area contributed by atoms with Crippen LogP contribution in [-0.4, -0.2) is 21.6 Å². The van der Waals surface area contributed by atoms with E-state index in [1.165, 1.54) is 22.9 Å². The van der Waals surface area contributed by atoms with Gasteiger partial charge in [-0.25, -0.2) is 0 Å². The third-order valence-corrected chi connectivity index (χ3v) is 5.49.